The fraction of sp³-hybridized carbons (Fsp3) is 0.389. The Morgan fingerprint density at radius 2 is 2.03 bits per heavy atom. The lowest BCUT2D eigenvalue weighted by molar-refractivity contribution is -0.0511. The number of hydrogen-bond donors (Lipinski definition) is 5. The van der Waals surface area contributed by atoms with E-state index in [1.54, 1.807) is 18.2 Å². The number of methoxy groups -OCH3 is 1. The molecule has 0 spiro atoms. The predicted octanol–water partition coefficient (Wildman–Crippen LogP) is -0.236. The number of aliphatic hydroxyl groups is 3. The van der Waals surface area contributed by atoms with Crippen LogP contribution in [0.5, 0.6) is 11.5 Å². The van der Waals surface area contributed by atoms with E-state index in [2.05, 4.69) is 20.3 Å². The molecule has 0 saturated carbocycles. The van der Waals surface area contributed by atoms with Crippen LogP contribution in [0.15, 0.2) is 30.9 Å². The fourth-order valence-corrected chi connectivity index (χ4v) is 3.30. The van der Waals surface area contributed by atoms with Crippen molar-refractivity contribution in [2.24, 2.45) is 0 Å². The van der Waals surface area contributed by atoms with Gasteiger partial charge < -0.3 is 35.2 Å². The Morgan fingerprint density at radius 3 is 2.76 bits per heavy atom. The summed E-state index contributed by atoms with van der Waals surface area (Å²) >= 11 is 0. The first kappa shape index (κ1) is 19.3. The van der Waals surface area contributed by atoms with Crippen LogP contribution < -0.4 is 10.1 Å². The molecule has 29 heavy (non-hydrogen) atoms. The lowest BCUT2D eigenvalue weighted by atomic mass is 10.1. The van der Waals surface area contributed by atoms with Crippen LogP contribution in [0.3, 0.4) is 0 Å². The highest BCUT2D eigenvalue weighted by Crippen LogP contribution is 2.32. The van der Waals surface area contributed by atoms with Crippen LogP contribution >= 0.6 is 0 Å². The molecule has 11 nitrogen and oxygen atoms in total. The van der Waals surface area contributed by atoms with Crippen LogP contribution in [0.4, 0.5) is 5.82 Å². The standard InChI is InChI=1S/C18H21N5O6/c1-28-11-4-9(2-3-10(11)25)5-19-16-13-17(21-7-20-16)23(8-22-13)18-15(27)14(26)12(6-24)29-18/h2-4,7-8,12,14-15,18,24-27H,5-6H2,1H3,(H,19,20,21)/t12-,14-,15+,18?/m1/s1. The van der Waals surface area contributed by atoms with Gasteiger partial charge in [0.05, 0.1) is 20.0 Å². The van der Waals surface area contributed by atoms with Gasteiger partial charge in [-0.15, -0.1) is 0 Å². The Bertz CT molecular complexity index is 1010. The second kappa shape index (κ2) is 7.79. The maximum Gasteiger partial charge on any atom is 0.167 e. The molecule has 1 saturated heterocycles. The Morgan fingerprint density at radius 1 is 1.21 bits per heavy atom. The number of anilines is 1. The minimum absolute atomic E-state index is 0.0536. The van der Waals surface area contributed by atoms with E-state index in [-0.39, 0.29) is 5.75 Å². The van der Waals surface area contributed by atoms with Crippen molar-refractivity contribution in [3.05, 3.63) is 36.4 Å². The smallest absolute Gasteiger partial charge is 0.167 e. The van der Waals surface area contributed by atoms with Crippen molar-refractivity contribution in [1.29, 1.82) is 0 Å². The van der Waals surface area contributed by atoms with E-state index in [0.717, 1.165) is 5.56 Å². The van der Waals surface area contributed by atoms with Crippen molar-refractivity contribution in [2.45, 2.75) is 31.1 Å². The van der Waals surface area contributed by atoms with Gasteiger partial charge in [0.25, 0.3) is 0 Å². The summed E-state index contributed by atoms with van der Waals surface area (Å²) in [6.07, 6.45) is -1.49. The molecule has 2 aromatic heterocycles. The molecular formula is C18H21N5O6. The van der Waals surface area contributed by atoms with E-state index in [9.17, 15) is 20.4 Å². The highest BCUT2D eigenvalue weighted by atomic mass is 16.6. The minimum atomic E-state index is -1.24. The third kappa shape index (κ3) is 3.44. The van der Waals surface area contributed by atoms with E-state index >= 15 is 0 Å². The molecule has 0 aliphatic carbocycles. The number of hydrogen-bond acceptors (Lipinski definition) is 10. The molecule has 11 heteroatoms. The summed E-state index contributed by atoms with van der Waals surface area (Å²) in [5.74, 6) is 0.885. The summed E-state index contributed by atoms with van der Waals surface area (Å²) in [7, 11) is 1.48. The van der Waals surface area contributed by atoms with Crippen LogP contribution in [-0.2, 0) is 11.3 Å². The highest BCUT2D eigenvalue weighted by molar-refractivity contribution is 5.82. The Balaban J connectivity index is 1.58. The number of ether oxygens (including phenoxy) is 2. The summed E-state index contributed by atoms with van der Waals surface area (Å²) in [6, 6.07) is 5.00. The zero-order valence-corrected chi connectivity index (χ0v) is 15.5. The van der Waals surface area contributed by atoms with Gasteiger partial charge in [0.1, 0.15) is 24.6 Å². The number of phenolic OH excluding ortho intramolecular Hbond substituents is 1. The minimum Gasteiger partial charge on any atom is -0.504 e. The molecule has 5 N–H and O–H groups in total. The molecule has 0 bridgehead atoms. The van der Waals surface area contributed by atoms with E-state index in [1.165, 1.54) is 24.3 Å². The van der Waals surface area contributed by atoms with Crippen LogP contribution in [0.1, 0.15) is 11.8 Å². The summed E-state index contributed by atoms with van der Waals surface area (Å²) in [6.45, 7) is -0.0251. The summed E-state index contributed by atoms with van der Waals surface area (Å²) in [5, 5.41) is 42.4. The molecule has 1 fully saturated rings. The first-order valence-electron chi connectivity index (χ1n) is 8.93. The molecule has 1 aliphatic heterocycles. The van der Waals surface area contributed by atoms with Gasteiger partial charge in [0, 0.05) is 6.54 Å². The monoisotopic (exact) mass is 403 g/mol. The Hall–Kier alpha value is -2.99. The Labute approximate surface area is 165 Å². The Kier molecular flexibility index (Phi) is 5.20. The van der Waals surface area contributed by atoms with Crippen molar-refractivity contribution < 1.29 is 29.9 Å². The van der Waals surface area contributed by atoms with E-state index < -0.39 is 31.1 Å². The first-order chi connectivity index (χ1) is 14.0. The number of aromatic nitrogens is 4. The molecule has 0 radical (unpaired) electrons. The number of nitrogens with zero attached hydrogens (tertiary/aromatic N) is 4. The van der Waals surface area contributed by atoms with Gasteiger partial charge in [-0.25, -0.2) is 15.0 Å². The highest BCUT2D eigenvalue weighted by Gasteiger charge is 2.44. The number of aromatic hydroxyl groups is 1. The van der Waals surface area contributed by atoms with Crippen LogP contribution in [0.2, 0.25) is 0 Å². The topological polar surface area (TPSA) is 155 Å². The third-order valence-electron chi connectivity index (χ3n) is 4.85. The lowest BCUT2D eigenvalue weighted by Crippen LogP contribution is -2.33. The van der Waals surface area contributed by atoms with Crippen LogP contribution in [-0.4, -0.2) is 72.0 Å². The zero-order chi connectivity index (χ0) is 20.5. The van der Waals surface area contributed by atoms with Crippen molar-refractivity contribution in [1.82, 2.24) is 19.5 Å². The number of benzene rings is 1. The second-order valence-electron chi connectivity index (χ2n) is 6.63. The predicted molar refractivity (Wildman–Crippen MR) is 100 cm³/mol. The largest absolute Gasteiger partial charge is 0.504 e. The molecule has 154 valence electrons. The van der Waals surface area contributed by atoms with Gasteiger partial charge in [-0.3, -0.25) is 4.57 Å². The molecule has 4 atom stereocenters. The summed E-state index contributed by atoms with van der Waals surface area (Å²) in [4.78, 5) is 12.7. The first-order valence-corrected chi connectivity index (χ1v) is 8.93. The van der Waals surface area contributed by atoms with Crippen molar-refractivity contribution in [2.75, 3.05) is 19.0 Å². The van der Waals surface area contributed by atoms with Crippen molar-refractivity contribution >= 4 is 17.0 Å². The maximum absolute atomic E-state index is 10.3. The molecular weight excluding hydrogens is 382 g/mol. The lowest BCUT2D eigenvalue weighted by Gasteiger charge is -2.16. The number of phenols is 1. The van der Waals surface area contributed by atoms with E-state index in [4.69, 9.17) is 9.47 Å². The molecule has 1 aromatic carbocycles. The number of aliphatic hydroxyl groups excluding tert-OH is 3. The quantitative estimate of drug-likeness (QED) is 0.372. The average Bonchev–Trinajstić information content (AvgIpc) is 3.29. The third-order valence-corrected chi connectivity index (χ3v) is 4.85. The molecule has 1 unspecified atom stereocenters. The maximum atomic E-state index is 10.3. The molecule has 0 amide bonds. The van der Waals surface area contributed by atoms with Crippen molar-refractivity contribution in [3.63, 3.8) is 0 Å². The van der Waals surface area contributed by atoms with Gasteiger partial charge in [-0.1, -0.05) is 6.07 Å². The number of fused-ring (bicyclic) bond motifs is 1. The summed E-state index contributed by atoms with van der Waals surface area (Å²) in [5.41, 5.74) is 1.71. The molecule has 3 aromatic rings. The van der Waals surface area contributed by atoms with Crippen molar-refractivity contribution in [3.8, 4) is 11.5 Å². The van der Waals surface area contributed by atoms with Gasteiger partial charge in [0.2, 0.25) is 0 Å². The number of rotatable bonds is 6. The van der Waals surface area contributed by atoms with E-state index in [1.807, 2.05) is 0 Å². The fourth-order valence-electron chi connectivity index (χ4n) is 3.30. The second-order valence-corrected chi connectivity index (χ2v) is 6.63. The molecule has 3 heterocycles. The van der Waals surface area contributed by atoms with E-state index in [0.29, 0.717) is 29.3 Å². The molecule has 1 aliphatic rings. The average molecular weight is 403 g/mol. The number of nitrogens with one attached hydrogen (secondary N) is 1. The number of imidazole rings is 1. The molecule has 4 rings (SSSR count). The van der Waals surface area contributed by atoms with Crippen LogP contribution in [0, 0.1) is 0 Å². The normalized spacial score (nSPS) is 24.1. The van der Waals surface area contributed by atoms with Gasteiger partial charge in [-0.05, 0) is 17.7 Å². The SMILES string of the molecule is COc1cc(CNc2ncnc3c2ncn3C2O[C@H](CO)[C@@H](O)[C@@H]2O)ccc1O. The zero-order valence-electron chi connectivity index (χ0n) is 15.5. The van der Waals surface area contributed by atoms with Crippen LogP contribution in [0.25, 0.3) is 11.2 Å². The van der Waals surface area contributed by atoms with Gasteiger partial charge >= 0.3 is 0 Å². The van der Waals surface area contributed by atoms with Gasteiger partial charge in [0.15, 0.2) is 34.7 Å². The summed E-state index contributed by atoms with van der Waals surface area (Å²) < 4.78 is 12.2. The van der Waals surface area contributed by atoms with Gasteiger partial charge in [-0.2, -0.15) is 0 Å².